The van der Waals surface area contributed by atoms with Gasteiger partial charge in [0.05, 0.1) is 0 Å². The Bertz CT molecular complexity index is 579. The van der Waals surface area contributed by atoms with Crippen molar-refractivity contribution in [1.29, 1.82) is 10.5 Å². The van der Waals surface area contributed by atoms with E-state index < -0.39 is 0 Å². The highest BCUT2D eigenvalue weighted by Crippen LogP contribution is 2.11. The van der Waals surface area contributed by atoms with E-state index in [0.717, 1.165) is 0 Å². The molecule has 0 saturated carbocycles. The Morgan fingerprint density at radius 1 is 1.15 bits per heavy atom. The minimum atomic E-state index is -0.286. The zero-order chi connectivity index (χ0) is 15.2. The van der Waals surface area contributed by atoms with Crippen LogP contribution in [0.1, 0.15) is 31.1 Å². The summed E-state index contributed by atoms with van der Waals surface area (Å²) in [5.41, 5.74) is 0.945. The maximum atomic E-state index is 11.9. The van der Waals surface area contributed by atoms with Crippen LogP contribution < -0.4 is 10.6 Å². The largest absolute Gasteiger partial charge is 0.360 e. The molecule has 0 aliphatic carbocycles. The standard InChI is InChI=1S/C15H16N4O/c1-15(2,3)19-14(20)12-4-6-13(7-5-12)18-10-11(8-16)9-17/h4-7,10,18H,1-3H3,(H,19,20). The van der Waals surface area contributed by atoms with Crippen LogP contribution in [0.25, 0.3) is 0 Å². The molecule has 0 fully saturated rings. The zero-order valence-electron chi connectivity index (χ0n) is 11.7. The van der Waals surface area contributed by atoms with Crippen LogP contribution in [-0.4, -0.2) is 11.4 Å². The Labute approximate surface area is 118 Å². The average Bonchev–Trinajstić information content (AvgIpc) is 2.38. The molecule has 0 saturated heterocycles. The quantitative estimate of drug-likeness (QED) is 0.824. The van der Waals surface area contributed by atoms with Gasteiger partial charge >= 0.3 is 0 Å². The number of rotatable bonds is 3. The number of hydrogen-bond acceptors (Lipinski definition) is 4. The number of allylic oxidation sites excluding steroid dienone is 1. The van der Waals surface area contributed by atoms with Crippen molar-refractivity contribution < 1.29 is 4.79 Å². The third-order valence-electron chi connectivity index (χ3n) is 2.26. The van der Waals surface area contributed by atoms with E-state index in [0.29, 0.717) is 11.3 Å². The van der Waals surface area contributed by atoms with Gasteiger partial charge in [-0.2, -0.15) is 10.5 Å². The highest BCUT2D eigenvalue weighted by Gasteiger charge is 2.14. The van der Waals surface area contributed by atoms with Gasteiger partial charge in [-0.1, -0.05) is 0 Å². The molecule has 0 aliphatic heterocycles. The van der Waals surface area contributed by atoms with Gasteiger partial charge in [-0.05, 0) is 45.0 Å². The Morgan fingerprint density at radius 3 is 2.15 bits per heavy atom. The summed E-state index contributed by atoms with van der Waals surface area (Å²) in [7, 11) is 0. The van der Waals surface area contributed by atoms with Gasteiger partial charge in [0, 0.05) is 23.0 Å². The number of carbonyl (C=O) groups is 1. The van der Waals surface area contributed by atoms with E-state index >= 15 is 0 Å². The lowest BCUT2D eigenvalue weighted by Gasteiger charge is -2.20. The van der Waals surface area contributed by atoms with Crippen LogP contribution in [0, 0.1) is 22.7 Å². The number of nitrogens with one attached hydrogen (secondary N) is 2. The first kappa shape index (κ1) is 15.3. The Hall–Kier alpha value is -2.79. The molecular formula is C15H16N4O. The highest BCUT2D eigenvalue weighted by molar-refractivity contribution is 5.94. The molecular weight excluding hydrogens is 252 g/mol. The number of benzene rings is 1. The lowest BCUT2D eigenvalue weighted by molar-refractivity contribution is 0.0919. The van der Waals surface area contributed by atoms with Gasteiger partial charge in [0.15, 0.2) is 0 Å². The molecule has 5 nitrogen and oxygen atoms in total. The number of anilines is 1. The van der Waals surface area contributed by atoms with Crippen molar-refractivity contribution in [3.63, 3.8) is 0 Å². The van der Waals surface area contributed by atoms with Crippen molar-refractivity contribution >= 4 is 11.6 Å². The topological polar surface area (TPSA) is 88.7 Å². The average molecular weight is 268 g/mol. The van der Waals surface area contributed by atoms with Crippen LogP contribution in [0.3, 0.4) is 0 Å². The van der Waals surface area contributed by atoms with Crippen LogP contribution in [0.5, 0.6) is 0 Å². The van der Waals surface area contributed by atoms with Crippen LogP contribution >= 0.6 is 0 Å². The second-order valence-electron chi connectivity index (χ2n) is 5.21. The van der Waals surface area contributed by atoms with Crippen molar-refractivity contribution in [3.05, 3.63) is 41.6 Å². The number of carbonyl (C=O) groups excluding carboxylic acids is 1. The summed E-state index contributed by atoms with van der Waals surface area (Å²) < 4.78 is 0. The Morgan fingerprint density at radius 2 is 1.70 bits per heavy atom. The summed E-state index contributed by atoms with van der Waals surface area (Å²) in [6.45, 7) is 5.74. The van der Waals surface area contributed by atoms with Gasteiger partial charge in [0.2, 0.25) is 0 Å². The molecule has 102 valence electrons. The van der Waals surface area contributed by atoms with Crippen LogP contribution in [0.2, 0.25) is 0 Å². The van der Waals surface area contributed by atoms with E-state index in [1.165, 1.54) is 6.20 Å². The fraction of sp³-hybridized carbons (Fsp3) is 0.267. The first-order valence-electron chi connectivity index (χ1n) is 6.05. The van der Waals surface area contributed by atoms with Crippen molar-refractivity contribution in [3.8, 4) is 12.1 Å². The van der Waals surface area contributed by atoms with Gasteiger partial charge < -0.3 is 10.6 Å². The van der Waals surface area contributed by atoms with E-state index in [9.17, 15) is 4.79 Å². The predicted molar refractivity (Wildman–Crippen MR) is 76.6 cm³/mol. The van der Waals surface area contributed by atoms with E-state index in [1.807, 2.05) is 20.8 Å². The van der Waals surface area contributed by atoms with Crippen molar-refractivity contribution in [2.45, 2.75) is 26.3 Å². The minimum absolute atomic E-state index is 0.0143. The molecule has 0 heterocycles. The first-order valence-corrected chi connectivity index (χ1v) is 6.05. The molecule has 0 atom stereocenters. The molecule has 0 aliphatic rings. The zero-order valence-corrected chi connectivity index (χ0v) is 11.7. The summed E-state index contributed by atoms with van der Waals surface area (Å²) in [6, 6.07) is 10.3. The fourth-order valence-corrected chi connectivity index (χ4v) is 1.38. The highest BCUT2D eigenvalue weighted by atomic mass is 16.1. The summed E-state index contributed by atoms with van der Waals surface area (Å²) in [5, 5.41) is 22.9. The van der Waals surface area contributed by atoms with Crippen molar-refractivity contribution in [1.82, 2.24) is 5.32 Å². The minimum Gasteiger partial charge on any atom is -0.360 e. The molecule has 0 bridgehead atoms. The predicted octanol–water partition coefficient (Wildman–Crippen LogP) is 2.56. The number of amides is 1. The van der Waals surface area contributed by atoms with Crippen molar-refractivity contribution in [2.75, 3.05) is 5.32 Å². The molecule has 0 aromatic heterocycles. The summed E-state index contributed by atoms with van der Waals surface area (Å²) in [6.07, 6.45) is 1.32. The monoisotopic (exact) mass is 268 g/mol. The lowest BCUT2D eigenvalue weighted by Crippen LogP contribution is -2.40. The maximum Gasteiger partial charge on any atom is 0.251 e. The first-order chi connectivity index (χ1) is 9.35. The maximum absolute atomic E-state index is 11.9. The molecule has 1 rings (SSSR count). The van der Waals surface area contributed by atoms with E-state index in [-0.39, 0.29) is 17.0 Å². The summed E-state index contributed by atoms with van der Waals surface area (Å²) >= 11 is 0. The Kier molecular flexibility index (Phi) is 4.88. The van der Waals surface area contributed by atoms with Gasteiger partial charge in [-0.3, -0.25) is 4.79 Å². The molecule has 20 heavy (non-hydrogen) atoms. The van der Waals surface area contributed by atoms with Gasteiger partial charge in [-0.15, -0.1) is 0 Å². The molecule has 1 amide bonds. The molecule has 1 aromatic carbocycles. The smallest absolute Gasteiger partial charge is 0.251 e. The number of hydrogen-bond donors (Lipinski definition) is 2. The van der Waals surface area contributed by atoms with E-state index in [2.05, 4.69) is 10.6 Å². The van der Waals surface area contributed by atoms with Gasteiger partial charge in [0.25, 0.3) is 5.91 Å². The molecule has 2 N–H and O–H groups in total. The lowest BCUT2D eigenvalue weighted by atomic mass is 10.1. The number of nitriles is 2. The van der Waals surface area contributed by atoms with Gasteiger partial charge in [-0.25, -0.2) is 0 Å². The van der Waals surface area contributed by atoms with Gasteiger partial charge in [0.1, 0.15) is 17.7 Å². The third-order valence-corrected chi connectivity index (χ3v) is 2.26. The van der Waals surface area contributed by atoms with E-state index in [4.69, 9.17) is 10.5 Å². The molecule has 5 heteroatoms. The second kappa shape index (κ2) is 6.40. The fourth-order valence-electron chi connectivity index (χ4n) is 1.38. The Balaban J connectivity index is 2.76. The van der Waals surface area contributed by atoms with Crippen molar-refractivity contribution in [2.24, 2.45) is 0 Å². The van der Waals surface area contributed by atoms with Crippen LogP contribution in [0.4, 0.5) is 5.69 Å². The molecule has 0 unspecified atom stereocenters. The van der Waals surface area contributed by atoms with E-state index in [1.54, 1.807) is 36.4 Å². The van der Waals surface area contributed by atoms with Crippen LogP contribution in [-0.2, 0) is 0 Å². The molecule has 1 aromatic rings. The number of nitrogens with zero attached hydrogens (tertiary/aromatic N) is 2. The SMILES string of the molecule is CC(C)(C)NC(=O)c1ccc(NC=C(C#N)C#N)cc1. The molecule has 0 spiro atoms. The normalized spacial score (nSPS) is 9.85. The summed E-state index contributed by atoms with van der Waals surface area (Å²) in [5.74, 6) is -0.144. The third kappa shape index (κ3) is 4.83. The second-order valence-corrected chi connectivity index (χ2v) is 5.21. The molecule has 0 radical (unpaired) electrons. The summed E-state index contributed by atoms with van der Waals surface area (Å²) in [4.78, 5) is 11.9. The van der Waals surface area contributed by atoms with Crippen LogP contribution in [0.15, 0.2) is 36.0 Å².